The Bertz CT molecular complexity index is 1280. The van der Waals surface area contributed by atoms with Gasteiger partial charge in [0.25, 0.3) is 11.7 Å². The summed E-state index contributed by atoms with van der Waals surface area (Å²) in [6.07, 6.45) is 3.14. The molecule has 0 bridgehead atoms. The van der Waals surface area contributed by atoms with Crippen LogP contribution >= 0.6 is 23.2 Å². The lowest BCUT2D eigenvalue weighted by Gasteiger charge is -2.27. The topological polar surface area (TPSA) is 79.7 Å². The zero-order valence-electron chi connectivity index (χ0n) is 18.1. The maximum Gasteiger partial charge on any atom is 0.300 e. The molecule has 1 aliphatic rings. The van der Waals surface area contributed by atoms with E-state index in [1.54, 1.807) is 24.5 Å². The third-order valence-corrected chi connectivity index (χ3v) is 6.13. The summed E-state index contributed by atoms with van der Waals surface area (Å²) in [7, 11) is 1.42. The minimum absolute atomic E-state index is 0.0654. The van der Waals surface area contributed by atoms with Crippen LogP contribution in [0.2, 0.25) is 10.0 Å². The number of nitrogens with zero attached hydrogens (tertiary/aromatic N) is 2. The Hall–Kier alpha value is -3.35. The molecule has 1 aliphatic heterocycles. The number of ether oxygens (including phenoxy) is 1. The van der Waals surface area contributed by atoms with Gasteiger partial charge < -0.3 is 9.84 Å². The summed E-state index contributed by atoms with van der Waals surface area (Å²) in [6.45, 7) is 3.77. The van der Waals surface area contributed by atoms with E-state index >= 15 is 0 Å². The van der Waals surface area contributed by atoms with Crippen LogP contribution in [0.5, 0.6) is 5.75 Å². The van der Waals surface area contributed by atoms with Gasteiger partial charge in [0.1, 0.15) is 5.76 Å². The minimum atomic E-state index is -0.867. The summed E-state index contributed by atoms with van der Waals surface area (Å²) < 4.78 is 5.17. The van der Waals surface area contributed by atoms with Crippen molar-refractivity contribution >= 4 is 46.3 Å². The molecular formula is C25H20Cl2N2O4. The first-order valence-corrected chi connectivity index (χ1v) is 10.8. The Morgan fingerprint density at radius 3 is 2.27 bits per heavy atom. The molecule has 0 saturated carbocycles. The fourth-order valence-corrected chi connectivity index (χ4v) is 4.61. The summed E-state index contributed by atoms with van der Waals surface area (Å²) >= 11 is 12.5. The zero-order chi connectivity index (χ0) is 23.9. The second kappa shape index (κ2) is 8.89. The van der Waals surface area contributed by atoms with Gasteiger partial charge >= 0.3 is 0 Å². The lowest BCUT2D eigenvalue weighted by Crippen LogP contribution is -2.30. The highest BCUT2D eigenvalue weighted by Crippen LogP contribution is 2.44. The molecule has 1 atom stereocenters. The Morgan fingerprint density at radius 2 is 1.67 bits per heavy atom. The number of ketones is 1. The quantitative estimate of drug-likeness (QED) is 0.295. The van der Waals surface area contributed by atoms with Gasteiger partial charge in [0.05, 0.1) is 28.8 Å². The molecule has 2 aromatic carbocycles. The molecule has 8 heteroatoms. The largest absolute Gasteiger partial charge is 0.507 e. The number of rotatable bonds is 4. The molecule has 2 heterocycles. The summed E-state index contributed by atoms with van der Waals surface area (Å²) in [5, 5.41) is 11.6. The Labute approximate surface area is 201 Å². The van der Waals surface area contributed by atoms with Gasteiger partial charge in [-0.25, -0.2) is 0 Å². The van der Waals surface area contributed by atoms with Gasteiger partial charge in [0.2, 0.25) is 0 Å². The number of amides is 1. The molecule has 0 spiro atoms. The predicted octanol–water partition coefficient (Wildman–Crippen LogP) is 5.64. The molecule has 0 radical (unpaired) electrons. The van der Waals surface area contributed by atoms with Gasteiger partial charge in [0, 0.05) is 23.6 Å². The molecule has 1 saturated heterocycles. The van der Waals surface area contributed by atoms with E-state index < -0.39 is 17.7 Å². The Balaban J connectivity index is 1.98. The van der Waals surface area contributed by atoms with Crippen LogP contribution in [0.4, 0.5) is 5.69 Å². The van der Waals surface area contributed by atoms with Gasteiger partial charge in [-0.15, -0.1) is 0 Å². The van der Waals surface area contributed by atoms with Crippen LogP contribution in [0.15, 0.2) is 60.4 Å². The average Bonchev–Trinajstić information content (AvgIpc) is 3.06. The molecule has 0 aliphatic carbocycles. The molecule has 33 heavy (non-hydrogen) atoms. The fraction of sp³-hybridized carbons (Fsp3) is 0.160. The van der Waals surface area contributed by atoms with E-state index in [-0.39, 0.29) is 32.7 Å². The molecule has 1 aromatic heterocycles. The van der Waals surface area contributed by atoms with Gasteiger partial charge in [0.15, 0.2) is 5.75 Å². The van der Waals surface area contributed by atoms with Crippen molar-refractivity contribution in [3.63, 3.8) is 0 Å². The molecule has 1 amide bonds. The highest BCUT2D eigenvalue weighted by molar-refractivity contribution is 6.52. The fourth-order valence-electron chi connectivity index (χ4n) is 3.97. The first-order valence-electron chi connectivity index (χ1n) is 10.1. The van der Waals surface area contributed by atoms with Crippen LogP contribution in [-0.2, 0) is 9.59 Å². The van der Waals surface area contributed by atoms with E-state index in [0.29, 0.717) is 11.3 Å². The number of hydrogen-bond acceptors (Lipinski definition) is 5. The molecule has 4 rings (SSSR count). The number of anilines is 1. The van der Waals surface area contributed by atoms with Crippen LogP contribution in [0.1, 0.15) is 28.3 Å². The van der Waals surface area contributed by atoms with Crippen molar-refractivity contribution in [3.8, 4) is 5.75 Å². The number of benzene rings is 2. The van der Waals surface area contributed by atoms with Crippen LogP contribution in [0.3, 0.4) is 0 Å². The molecule has 1 N–H and O–H groups in total. The number of aromatic nitrogens is 1. The lowest BCUT2D eigenvalue weighted by molar-refractivity contribution is -0.132. The predicted molar refractivity (Wildman–Crippen MR) is 128 cm³/mol. The van der Waals surface area contributed by atoms with E-state index in [1.807, 2.05) is 32.0 Å². The number of Topliss-reactive ketones (excluding diaryl/α,β-unsaturated/α-hetero) is 1. The third kappa shape index (κ3) is 3.96. The van der Waals surface area contributed by atoms with Crippen molar-refractivity contribution < 1.29 is 19.4 Å². The van der Waals surface area contributed by atoms with Gasteiger partial charge in [-0.05, 0) is 60.9 Å². The average molecular weight is 483 g/mol. The van der Waals surface area contributed by atoms with E-state index in [2.05, 4.69) is 4.98 Å². The normalized spacial score (nSPS) is 17.5. The van der Waals surface area contributed by atoms with Crippen molar-refractivity contribution in [1.82, 2.24) is 4.98 Å². The number of hydrogen-bond donors (Lipinski definition) is 1. The number of aliphatic hydroxyl groups excluding tert-OH is 1. The first-order chi connectivity index (χ1) is 15.7. The van der Waals surface area contributed by atoms with Crippen LogP contribution in [0, 0.1) is 13.8 Å². The van der Waals surface area contributed by atoms with E-state index in [4.69, 9.17) is 27.9 Å². The van der Waals surface area contributed by atoms with Crippen molar-refractivity contribution in [3.05, 3.63) is 92.7 Å². The number of pyridine rings is 1. The second-order valence-electron chi connectivity index (χ2n) is 7.71. The molecule has 1 fully saturated rings. The van der Waals surface area contributed by atoms with E-state index in [0.717, 1.165) is 11.1 Å². The Kier molecular flexibility index (Phi) is 6.15. The van der Waals surface area contributed by atoms with Gasteiger partial charge in [-0.1, -0.05) is 35.3 Å². The SMILES string of the molecule is COc1c(Cl)cc(/C(O)=C2\C(=O)C(=O)N(c3cc(C)ccc3C)C2c2ccncc2)cc1Cl. The monoisotopic (exact) mass is 482 g/mol. The molecular weight excluding hydrogens is 463 g/mol. The van der Waals surface area contributed by atoms with E-state index in [1.165, 1.54) is 24.1 Å². The third-order valence-electron chi connectivity index (χ3n) is 5.57. The maximum absolute atomic E-state index is 13.3. The Morgan fingerprint density at radius 1 is 1.03 bits per heavy atom. The molecule has 3 aromatic rings. The molecule has 1 unspecified atom stereocenters. The number of aryl methyl sites for hydroxylation is 2. The number of aliphatic hydroxyl groups is 1. The van der Waals surface area contributed by atoms with Gasteiger partial charge in [-0.2, -0.15) is 0 Å². The van der Waals surface area contributed by atoms with Crippen molar-refractivity contribution in [2.24, 2.45) is 0 Å². The lowest BCUT2D eigenvalue weighted by atomic mass is 9.95. The standard InChI is InChI=1S/C25H20Cl2N2O4/c1-13-4-5-14(2)19(10-13)29-21(15-6-8-28-9-7-15)20(23(31)25(29)32)22(30)16-11-17(26)24(33-3)18(27)12-16/h4-12,21,30H,1-3H3/b22-20+. The summed E-state index contributed by atoms with van der Waals surface area (Å²) in [5.41, 5.74) is 3.09. The zero-order valence-corrected chi connectivity index (χ0v) is 19.6. The number of carbonyl (C=O) groups is 2. The van der Waals surface area contributed by atoms with E-state index in [9.17, 15) is 14.7 Å². The van der Waals surface area contributed by atoms with Gasteiger partial charge in [-0.3, -0.25) is 19.5 Å². The van der Waals surface area contributed by atoms with Crippen molar-refractivity contribution in [1.29, 1.82) is 0 Å². The molecule has 6 nitrogen and oxygen atoms in total. The number of carbonyl (C=O) groups excluding carboxylic acids is 2. The molecule has 168 valence electrons. The highest BCUT2D eigenvalue weighted by Gasteiger charge is 2.47. The summed E-state index contributed by atoms with van der Waals surface area (Å²) in [4.78, 5) is 32.0. The maximum atomic E-state index is 13.3. The first kappa shape index (κ1) is 22.8. The summed E-state index contributed by atoms with van der Waals surface area (Å²) in [6, 6.07) is 11.1. The number of methoxy groups -OCH3 is 1. The van der Waals surface area contributed by atoms with Crippen LogP contribution in [0.25, 0.3) is 5.76 Å². The second-order valence-corrected chi connectivity index (χ2v) is 8.53. The van der Waals surface area contributed by atoms with Crippen LogP contribution in [-0.4, -0.2) is 28.9 Å². The van der Waals surface area contributed by atoms with Crippen LogP contribution < -0.4 is 9.64 Å². The van der Waals surface area contributed by atoms with Crippen molar-refractivity contribution in [2.45, 2.75) is 19.9 Å². The highest BCUT2D eigenvalue weighted by atomic mass is 35.5. The number of halogens is 2. The minimum Gasteiger partial charge on any atom is -0.507 e. The smallest absolute Gasteiger partial charge is 0.300 e. The summed E-state index contributed by atoms with van der Waals surface area (Å²) in [5.74, 6) is -1.68. The van der Waals surface area contributed by atoms with Crippen molar-refractivity contribution in [2.75, 3.05) is 12.0 Å².